The minimum absolute atomic E-state index is 0.0442. The van der Waals surface area contributed by atoms with Gasteiger partial charge in [-0.25, -0.2) is 0 Å². The van der Waals surface area contributed by atoms with Gasteiger partial charge in [-0.3, -0.25) is 4.79 Å². The Morgan fingerprint density at radius 3 is 2.59 bits per heavy atom. The number of carboxylic acids is 1. The molecule has 0 aliphatic carbocycles. The second-order valence-electron chi connectivity index (χ2n) is 3.95. The van der Waals surface area contributed by atoms with Crippen molar-refractivity contribution < 1.29 is 14.6 Å². The van der Waals surface area contributed by atoms with E-state index >= 15 is 0 Å². The van der Waals surface area contributed by atoms with Gasteiger partial charge in [0.25, 0.3) is 0 Å². The second-order valence-corrected chi connectivity index (χ2v) is 3.95. The van der Waals surface area contributed by atoms with Crippen LogP contribution in [0.25, 0.3) is 0 Å². The summed E-state index contributed by atoms with van der Waals surface area (Å²) in [4.78, 5) is 13.0. The summed E-state index contributed by atoms with van der Waals surface area (Å²) in [5.41, 5.74) is 7.03. The summed E-state index contributed by atoms with van der Waals surface area (Å²) in [7, 11) is 5.30. The van der Waals surface area contributed by atoms with Gasteiger partial charge in [0.2, 0.25) is 0 Å². The number of anilines is 1. The fourth-order valence-corrected chi connectivity index (χ4v) is 1.63. The van der Waals surface area contributed by atoms with Gasteiger partial charge in [-0.2, -0.15) is 0 Å². The van der Waals surface area contributed by atoms with Crippen molar-refractivity contribution in [1.82, 2.24) is 0 Å². The molecule has 0 heterocycles. The summed E-state index contributed by atoms with van der Waals surface area (Å²) in [5.74, 6) is -1.14. The summed E-state index contributed by atoms with van der Waals surface area (Å²) in [6, 6.07) is 5.43. The molecule has 5 heteroatoms. The van der Waals surface area contributed by atoms with Crippen molar-refractivity contribution in [2.75, 3.05) is 32.6 Å². The molecule has 0 radical (unpaired) electrons. The minimum atomic E-state index is -0.943. The largest absolute Gasteiger partial charge is 0.496 e. The SMILES string of the molecule is COc1ccc(N(C)C)cc1C(CN)C(=O)O. The van der Waals surface area contributed by atoms with Crippen LogP contribution in [0.4, 0.5) is 5.69 Å². The van der Waals surface area contributed by atoms with Crippen molar-refractivity contribution in [2.24, 2.45) is 5.73 Å². The standard InChI is InChI=1S/C12H18N2O3/c1-14(2)8-4-5-11(17-3)9(6-8)10(7-13)12(15)16/h4-6,10H,7,13H2,1-3H3,(H,15,16). The average Bonchev–Trinajstić information content (AvgIpc) is 2.29. The predicted molar refractivity (Wildman–Crippen MR) is 66.8 cm³/mol. The topological polar surface area (TPSA) is 75.8 Å². The highest BCUT2D eigenvalue weighted by atomic mass is 16.5. The number of carbonyl (C=O) groups is 1. The van der Waals surface area contributed by atoms with Crippen molar-refractivity contribution in [1.29, 1.82) is 0 Å². The van der Waals surface area contributed by atoms with Gasteiger partial charge in [0, 0.05) is 31.9 Å². The molecule has 0 aliphatic rings. The van der Waals surface area contributed by atoms with Crippen LogP contribution in [0, 0.1) is 0 Å². The van der Waals surface area contributed by atoms with Crippen LogP contribution in [0.3, 0.4) is 0 Å². The Morgan fingerprint density at radius 1 is 1.53 bits per heavy atom. The van der Waals surface area contributed by atoms with Crippen LogP contribution in [0.15, 0.2) is 18.2 Å². The number of hydrogen-bond acceptors (Lipinski definition) is 4. The van der Waals surface area contributed by atoms with E-state index in [0.29, 0.717) is 11.3 Å². The molecule has 17 heavy (non-hydrogen) atoms. The van der Waals surface area contributed by atoms with Crippen LogP contribution in [-0.4, -0.2) is 38.8 Å². The minimum Gasteiger partial charge on any atom is -0.496 e. The highest BCUT2D eigenvalue weighted by Crippen LogP contribution is 2.30. The molecule has 94 valence electrons. The van der Waals surface area contributed by atoms with Gasteiger partial charge >= 0.3 is 5.97 Å². The monoisotopic (exact) mass is 238 g/mol. The summed E-state index contributed by atoms with van der Waals surface area (Å²) in [5, 5.41) is 9.13. The molecule has 1 atom stereocenters. The maximum atomic E-state index is 11.1. The summed E-state index contributed by atoms with van der Waals surface area (Å²) in [6.07, 6.45) is 0. The third-order valence-electron chi connectivity index (χ3n) is 2.64. The molecule has 0 spiro atoms. The molecular weight excluding hydrogens is 220 g/mol. The molecule has 0 saturated carbocycles. The normalized spacial score (nSPS) is 12.0. The highest BCUT2D eigenvalue weighted by Gasteiger charge is 2.22. The molecule has 0 saturated heterocycles. The molecule has 0 aliphatic heterocycles. The predicted octanol–water partition coefficient (Wildman–Crippen LogP) is 0.888. The number of benzene rings is 1. The van der Waals surface area contributed by atoms with Gasteiger partial charge in [-0.15, -0.1) is 0 Å². The van der Waals surface area contributed by atoms with E-state index in [1.54, 1.807) is 12.1 Å². The Hall–Kier alpha value is -1.75. The number of hydrogen-bond donors (Lipinski definition) is 2. The van der Waals surface area contributed by atoms with Gasteiger partial charge in [-0.05, 0) is 18.2 Å². The lowest BCUT2D eigenvalue weighted by Crippen LogP contribution is -2.22. The third-order valence-corrected chi connectivity index (χ3v) is 2.64. The third kappa shape index (κ3) is 2.88. The quantitative estimate of drug-likeness (QED) is 0.796. The van der Waals surface area contributed by atoms with Crippen molar-refractivity contribution in [2.45, 2.75) is 5.92 Å². The van der Waals surface area contributed by atoms with Crippen LogP contribution in [0.2, 0.25) is 0 Å². The Morgan fingerprint density at radius 2 is 2.18 bits per heavy atom. The van der Waals surface area contributed by atoms with Crippen molar-refractivity contribution in [3.63, 3.8) is 0 Å². The number of nitrogens with two attached hydrogens (primary N) is 1. The maximum absolute atomic E-state index is 11.1. The van der Waals surface area contributed by atoms with Crippen molar-refractivity contribution in [3.05, 3.63) is 23.8 Å². The van der Waals surface area contributed by atoms with Gasteiger partial charge in [-0.1, -0.05) is 0 Å². The van der Waals surface area contributed by atoms with Crippen molar-refractivity contribution >= 4 is 11.7 Å². The van der Waals surface area contributed by atoms with E-state index in [9.17, 15) is 4.79 Å². The second kappa shape index (κ2) is 5.54. The van der Waals surface area contributed by atoms with E-state index in [1.165, 1.54) is 7.11 Å². The van der Waals surface area contributed by atoms with E-state index in [1.807, 2.05) is 25.1 Å². The van der Waals surface area contributed by atoms with Crippen LogP contribution in [0.1, 0.15) is 11.5 Å². The Bertz CT molecular complexity index is 405. The smallest absolute Gasteiger partial charge is 0.312 e. The van der Waals surface area contributed by atoms with Gasteiger partial charge in [0.05, 0.1) is 13.0 Å². The summed E-state index contributed by atoms with van der Waals surface area (Å²) < 4.78 is 5.18. The number of ether oxygens (including phenoxy) is 1. The van der Waals surface area contributed by atoms with Gasteiger partial charge in [0.1, 0.15) is 5.75 Å². The lowest BCUT2D eigenvalue weighted by atomic mass is 9.97. The summed E-state index contributed by atoms with van der Waals surface area (Å²) >= 11 is 0. The van der Waals surface area contributed by atoms with Gasteiger partial charge < -0.3 is 20.5 Å². The first-order valence-corrected chi connectivity index (χ1v) is 5.29. The lowest BCUT2D eigenvalue weighted by Gasteiger charge is -2.19. The van der Waals surface area contributed by atoms with Crippen molar-refractivity contribution in [3.8, 4) is 5.75 Å². The summed E-state index contributed by atoms with van der Waals surface area (Å²) in [6.45, 7) is 0.0442. The Kier molecular flexibility index (Phi) is 4.34. The first kappa shape index (κ1) is 13.3. The molecule has 0 bridgehead atoms. The zero-order chi connectivity index (χ0) is 13.0. The molecule has 5 nitrogen and oxygen atoms in total. The molecule has 1 unspecified atom stereocenters. The lowest BCUT2D eigenvalue weighted by molar-refractivity contribution is -0.138. The molecule has 1 aromatic rings. The molecule has 0 amide bonds. The average molecular weight is 238 g/mol. The number of rotatable bonds is 5. The van der Waals surface area contributed by atoms with E-state index in [2.05, 4.69) is 0 Å². The molecular formula is C12H18N2O3. The molecule has 3 N–H and O–H groups in total. The Balaban J connectivity index is 3.26. The first-order chi connectivity index (χ1) is 8.01. The molecule has 1 rings (SSSR count). The maximum Gasteiger partial charge on any atom is 0.312 e. The van der Waals surface area contributed by atoms with Crippen LogP contribution in [-0.2, 0) is 4.79 Å². The number of carboxylic acid groups (broad SMARTS) is 1. The van der Waals surface area contributed by atoms with Gasteiger partial charge in [0.15, 0.2) is 0 Å². The fraction of sp³-hybridized carbons (Fsp3) is 0.417. The first-order valence-electron chi connectivity index (χ1n) is 5.29. The highest BCUT2D eigenvalue weighted by molar-refractivity contribution is 5.78. The van der Waals surface area contributed by atoms with E-state index < -0.39 is 11.9 Å². The number of methoxy groups -OCH3 is 1. The van der Waals surface area contributed by atoms with E-state index in [4.69, 9.17) is 15.6 Å². The van der Waals surface area contributed by atoms with E-state index in [0.717, 1.165) is 5.69 Å². The zero-order valence-corrected chi connectivity index (χ0v) is 10.3. The molecule has 0 fully saturated rings. The molecule has 1 aromatic carbocycles. The van der Waals surface area contributed by atoms with E-state index in [-0.39, 0.29) is 6.54 Å². The fourth-order valence-electron chi connectivity index (χ4n) is 1.63. The number of aliphatic carboxylic acids is 1. The van der Waals surface area contributed by atoms with Crippen LogP contribution < -0.4 is 15.4 Å². The molecule has 0 aromatic heterocycles. The Labute approximate surface area is 101 Å². The number of nitrogens with zero attached hydrogens (tertiary/aromatic N) is 1. The zero-order valence-electron chi connectivity index (χ0n) is 10.3. The van der Waals surface area contributed by atoms with Crippen LogP contribution in [0.5, 0.6) is 5.75 Å². The van der Waals surface area contributed by atoms with Crippen LogP contribution >= 0.6 is 0 Å².